The molecule has 12 heavy (non-hydrogen) atoms. The molecule has 1 aliphatic rings. The summed E-state index contributed by atoms with van der Waals surface area (Å²) in [6.07, 6.45) is 3.35. The average Bonchev–Trinajstić information content (AvgIpc) is 2.74. The third-order valence-corrected chi connectivity index (χ3v) is 2.51. The van der Waals surface area contributed by atoms with Gasteiger partial charge in [-0.05, 0) is 11.6 Å². The van der Waals surface area contributed by atoms with Crippen molar-refractivity contribution >= 4 is 0 Å². The van der Waals surface area contributed by atoms with E-state index in [1.54, 1.807) is 12.5 Å². The lowest BCUT2D eigenvalue weighted by atomic mass is 9.92. The van der Waals surface area contributed by atoms with Crippen LogP contribution in [0.3, 0.4) is 0 Å². The van der Waals surface area contributed by atoms with Crippen LogP contribution in [0.5, 0.6) is 0 Å². The first-order valence-electron chi connectivity index (χ1n) is 4.20. The topological polar surface area (TPSA) is 25.2 Å². The lowest BCUT2D eigenvalue weighted by Gasteiger charge is -2.12. The van der Waals surface area contributed by atoms with Crippen molar-refractivity contribution in [3.63, 3.8) is 0 Å². The molecule has 1 aromatic heterocycles. The van der Waals surface area contributed by atoms with Gasteiger partial charge in [0.2, 0.25) is 0 Å². The summed E-state index contributed by atoms with van der Waals surface area (Å²) in [5, 5.41) is 3.18. The zero-order valence-corrected chi connectivity index (χ0v) is 6.79. The van der Waals surface area contributed by atoms with Crippen LogP contribution >= 0.6 is 0 Å². The fraction of sp³-hybridized carbons (Fsp3) is 0.556. The van der Waals surface area contributed by atoms with Crippen molar-refractivity contribution in [2.45, 2.75) is 5.92 Å². The summed E-state index contributed by atoms with van der Waals surface area (Å²) in [5.74, 6) is 0.427. The van der Waals surface area contributed by atoms with Crippen LogP contribution in [-0.4, -0.2) is 19.8 Å². The molecule has 0 bridgehead atoms. The highest BCUT2D eigenvalue weighted by Gasteiger charge is 2.28. The van der Waals surface area contributed by atoms with Gasteiger partial charge < -0.3 is 9.73 Å². The van der Waals surface area contributed by atoms with E-state index >= 15 is 0 Å². The number of furan rings is 1. The Labute approximate surface area is 70.8 Å². The molecular weight excluding hydrogens is 157 g/mol. The predicted octanol–water partition coefficient (Wildman–Crippen LogP) is 1.55. The third-order valence-electron chi connectivity index (χ3n) is 2.51. The zero-order valence-electron chi connectivity index (χ0n) is 6.79. The lowest BCUT2D eigenvalue weighted by molar-refractivity contribution is 0.357. The van der Waals surface area contributed by atoms with Gasteiger partial charge in [-0.1, -0.05) is 0 Å². The molecule has 1 saturated heterocycles. The van der Waals surface area contributed by atoms with E-state index in [2.05, 4.69) is 5.32 Å². The minimum absolute atomic E-state index is 0.127. The highest BCUT2D eigenvalue weighted by Crippen LogP contribution is 2.28. The van der Waals surface area contributed by atoms with E-state index in [4.69, 9.17) is 4.42 Å². The first-order valence-corrected chi connectivity index (χ1v) is 4.20. The van der Waals surface area contributed by atoms with Crippen LogP contribution in [-0.2, 0) is 0 Å². The minimum atomic E-state index is -0.247. The fourth-order valence-electron chi connectivity index (χ4n) is 1.77. The summed E-state index contributed by atoms with van der Waals surface area (Å²) < 4.78 is 17.4. The second kappa shape index (κ2) is 3.27. The second-order valence-electron chi connectivity index (χ2n) is 3.24. The minimum Gasteiger partial charge on any atom is -0.472 e. The smallest absolute Gasteiger partial charge is 0.0941 e. The number of alkyl halides is 1. The van der Waals surface area contributed by atoms with E-state index in [0.29, 0.717) is 5.92 Å². The fourth-order valence-corrected chi connectivity index (χ4v) is 1.77. The van der Waals surface area contributed by atoms with Gasteiger partial charge in [-0.3, -0.25) is 4.39 Å². The molecule has 2 nitrogen and oxygen atoms in total. The SMILES string of the molecule is FCC1CNCC1c1ccoc1. The van der Waals surface area contributed by atoms with Gasteiger partial charge in [0.25, 0.3) is 0 Å². The molecule has 0 spiro atoms. The first-order chi connectivity index (χ1) is 5.92. The number of nitrogens with one attached hydrogen (secondary N) is 1. The van der Waals surface area contributed by atoms with Crippen molar-refractivity contribution in [3.05, 3.63) is 24.2 Å². The molecule has 66 valence electrons. The molecule has 2 heterocycles. The van der Waals surface area contributed by atoms with Crippen LogP contribution in [0.4, 0.5) is 4.39 Å². The second-order valence-corrected chi connectivity index (χ2v) is 3.24. The van der Waals surface area contributed by atoms with Crippen LogP contribution in [0.25, 0.3) is 0 Å². The third kappa shape index (κ3) is 1.25. The molecule has 3 heteroatoms. The monoisotopic (exact) mass is 169 g/mol. The van der Waals surface area contributed by atoms with Crippen molar-refractivity contribution in [1.29, 1.82) is 0 Å². The maximum Gasteiger partial charge on any atom is 0.0941 e. The highest BCUT2D eigenvalue weighted by molar-refractivity contribution is 5.16. The summed E-state index contributed by atoms with van der Waals surface area (Å²) in [7, 11) is 0. The van der Waals surface area contributed by atoms with Gasteiger partial charge in [0.05, 0.1) is 19.2 Å². The number of rotatable bonds is 2. The van der Waals surface area contributed by atoms with Crippen LogP contribution in [0.15, 0.2) is 23.0 Å². The standard InChI is InChI=1S/C9H12FNO/c10-3-8-4-11-5-9(8)7-1-2-12-6-7/h1-2,6,8-9,11H,3-5H2. The van der Waals surface area contributed by atoms with E-state index < -0.39 is 0 Å². The van der Waals surface area contributed by atoms with Crippen LogP contribution < -0.4 is 5.32 Å². The molecule has 0 radical (unpaired) electrons. The molecule has 0 amide bonds. The van der Waals surface area contributed by atoms with Crippen molar-refractivity contribution in [3.8, 4) is 0 Å². The lowest BCUT2D eigenvalue weighted by Crippen LogP contribution is -2.12. The molecule has 1 fully saturated rings. The summed E-state index contributed by atoms with van der Waals surface area (Å²) >= 11 is 0. The maximum absolute atomic E-state index is 12.5. The predicted molar refractivity (Wildman–Crippen MR) is 43.8 cm³/mol. The van der Waals surface area contributed by atoms with E-state index in [9.17, 15) is 4.39 Å². The van der Waals surface area contributed by atoms with Crippen molar-refractivity contribution in [2.75, 3.05) is 19.8 Å². The summed E-state index contributed by atoms with van der Waals surface area (Å²) in [4.78, 5) is 0. The molecule has 0 aromatic carbocycles. The Hall–Kier alpha value is -0.830. The quantitative estimate of drug-likeness (QED) is 0.726. The largest absolute Gasteiger partial charge is 0.472 e. The van der Waals surface area contributed by atoms with Crippen molar-refractivity contribution in [2.24, 2.45) is 5.92 Å². The molecular formula is C9H12FNO. The average molecular weight is 169 g/mol. The molecule has 2 rings (SSSR count). The Morgan fingerprint density at radius 2 is 2.50 bits per heavy atom. The molecule has 0 aliphatic carbocycles. The van der Waals surface area contributed by atoms with Gasteiger partial charge in [-0.2, -0.15) is 0 Å². The number of hydrogen-bond acceptors (Lipinski definition) is 2. The Balaban J connectivity index is 2.13. The van der Waals surface area contributed by atoms with Gasteiger partial charge >= 0.3 is 0 Å². The van der Waals surface area contributed by atoms with Crippen LogP contribution in [0.2, 0.25) is 0 Å². The molecule has 1 aliphatic heterocycles. The molecule has 2 atom stereocenters. The molecule has 1 N–H and O–H groups in total. The van der Waals surface area contributed by atoms with Gasteiger partial charge in [0, 0.05) is 24.9 Å². The normalized spacial score (nSPS) is 29.4. The van der Waals surface area contributed by atoms with Crippen LogP contribution in [0.1, 0.15) is 11.5 Å². The Morgan fingerprint density at radius 1 is 1.58 bits per heavy atom. The van der Waals surface area contributed by atoms with Gasteiger partial charge in [-0.25, -0.2) is 0 Å². The molecule has 0 saturated carbocycles. The Morgan fingerprint density at radius 3 is 3.17 bits per heavy atom. The zero-order chi connectivity index (χ0) is 8.39. The summed E-state index contributed by atoms with van der Waals surface area (Å²) in [5.41, 5.74) is 1.11. The van der Waals surface area contributed by atoms with Crippen molar-refractivity contribution < 1.29 is 8.81 Å². The van der Waals surface area contributed by atoms with Gasteiger partial charge in [-0.15, -0.1) is 0 Å². The first kappa shape index (κ1) is 7.80. The number of halogens is 1. The van der Waals surface area contributed by atoms with E-state index in [0.717, 1.165) is 18.7 Å². The highest BCUT2D eigenvalue weighted by atomic mass is 19.1. The van der Waals surface area contributed by atoms with E-state index in [1.807, 2.05) is 6.07 Å². The maximum atomic E-state index is 12.5. The summed E-state index contributed by atoms with van der Waals surface area (Å²) in [6, 6.07) is 1.92. The van der Waals surface area contributed by atoms with E-state index in [1.165, 1.54) is 0 Å². The molecule has 1 aromatic rings. The van der Waals surface area contributed by atoms with Gasteiger partial charge in [0.1, 0.15) is 0 Å². The Kier molecular flexibility index (Phi) is 2.13. The van der Waals surface area contributed by atoms with Crippen molar-refractivity contribution in [1.82, 2.24) is 5.32 Å². The van der Waals surface area contributed by atoms with Crippen LogP contribution in [0, 0.1) is 5.92 Å². The number of hydrogen-bond donors (Lipinski definition) is 1. The molecule has 2 unspecified atom stereocenters. The summed E-state index contributed by atoms with van der Waals surface area (Å²) in [6.45, 7) is 1.41. The van der Waals surface area contributed by atoms with Gasteiger partial charge in [0.15, 0.2) is 0 Å². The van der Waals surface area contributed by atoms with E-state index in [-0.39, 0.29) is 12.6 Å². The Bertz CT molecular complexity index is 235.